The van der Waals surface area contributed by atoms with Gasteiger partial charge in [-0.05, 0) is 49.2 Å². The van der Waals surface area contributed by atoms with Crippen LogP contribution in [0.3, 0.4) is 0 Å². The van der Waals surface area contributed by atoms with E-state index in [9.17, 15) is 0 Å². The summed E-state index contributed by atoms with van der Waals surface area (Å²) >= 11 is 1.66. The van der Waals surface area contributed by atoms with Crippen LogP contribution in [0.4, 0.5) is 5.82 Å². The molecule has 0 bridgehead atoms. The molecule has 0 saturated carbocycles. The number of benzene rings is 1. The Morgan fingerprint density at radius 2 is 1.79 bits per heavy atom. The Morgan fingerprint density at radius 3 is 2.42 bits per heavy atom. The van der Waals surface area contributed by atoms with Crippen molar-refractivity contribution in [3.63, 3.8) is 0 Å². The number of hydrogen-bond acceptors (Lipinski definition) is 5. The summed E-state index contributed by atoms with van der Waals surface area (Å²) < 4.78 is 5.35. The van der Waals surface area contributed by atoms with E-state index < -0.39 is 0 Å². The van der Waals surface area contributed by atoms with Gasteiger partial charge in [0.05, 0.1) is 12.8 Å². The molecule has 2 heterocycles. The van der Waals surface area contributed by atoms with Crippen molar-refractivity contribution in [1.82, 2.24) is 9.97 Å². The number of rotatable bonds is 4. The molecule has 0 aliphatic heterocycles. The van der Waals surface area contributed by atoms with Crippen molar-refractivity contribution in [2.45, 2.75) is 13.8 Å². The highest BCUT2D eigenvalue weighted by Crippen LogP contribution is 2.34. The predicted octanol–water partition coefficient (Wildman–Crippen LogP) is 4.56. The zero-order chi connectivity index (χ0) is 17.3. The molecule has 0 spiro atoms. The van der Waals surface area contributed by atoms with Crippen molar-refractivity contribution in [2.24, 2.45) is 0 Å². The average Bonchev–Trinajstić information content (AvgIpc) is 3.03. The molecule has 0 N–H and O–H groups in total. The second kappa shape index (κ2) is 6.61. The third kappa shape index (κ3) is 3.12. The molecule has 0 saturated heterocycles. The number of pyridine rings is 1. The minimum atomic E-state index is 0.883. The van der Waals surface area contributed by atoms with E-state index in [-0.39, 0.29) is 0 Å². The van der Waals surface area contributed by atoms with Gasteiger partial charge >= 0.3 is 0 Å². The topological polar surface area (TPSA) is 38.2 Å². The van der Waals surface area contributed by atoms with Gasteiger partial charge in [0.25, 0.3) is 0 Å². The first kappa shape index (κ1) is 16.5. The lowest BCUT2D eigenvalue weighted by Crippen LogP contribution is -2.10. The first-order chi connectivity index (χ1) is 11.5. The molecule has 0 aliphatic carbocycles. The summed E-state index contributed by atoms with van der Waals surface area (Å²) in [6.07, 6.45) is 1.83. The summed E-state index contributed by atoms with van der Waals surface area (Å²) in [5.74, 6) is 1.81. The zero-order valence-corrected chi connectivity index (χ0v) is 15.4. The highest BCUT2D eigenvalue weighted by molar-refractivity contribution is 7.13. The van der Waals surface area contributed by atoms with Crippen molar-refractivity contribution < 1.29 is 4.74 Å². The minimum absolute atomic E-state index is 0.883. The van der Waals surface area contributed by atoms with E-state index in [1.807, 2.05) is 31.3 Å². The second-order valence-electron chi connectivity index (χ2n) is 5.97. The molecule has 24 heavy (non-hydrogen) atoms. The third-order valence-corrected chi connectivity index (χ3v) is 4.84. The first-order valence-corrected chi connectivity index (χ1v) is 8.62. The summed E-state index contributed by atoms with van der Waals surface area (Å²) in [7, 11) is 5.67. The number of aryl methyl sites for hydroxylation is 2. The number of aromatic nitrogens is 2. The molecule has 3 rings (SSSR count). The Hall–Kier alpha value is -2.40. The predicted molar refractivity (Wildman–Crippen MR) is 101 cm³/mol. The van der Waals surface area contributed by atoms with Gasteiger partial charge in [-0.15, -0.1) is 11.3 Å². The van der Waals surface area contributed by atoms with Crippen molar-refractivity contribution in [3.05, 3.63) is 47.0 Å². The van der Waals surface area contributed by atoms with Gasteiger partial charge in [0.2, 0.25) is 0 Å². The van der Waals surface area contributed by atoms with Gasteiger partial charge in [-0.25, -0.2) is 9.97 Å². The van der Waals surface area contributed by atoms with Crippen LogP contribution in [-0.4, -0.2) is 31.2 Å². The number of ether oxygens (including phenoxy) is 1. The van der Waals surface area contributed by atoms with Crippen LogP contribution in [0.5, 0.6) is 5.75 Å². The van der Waals surface area contributed by atoms with Gasteiger partial charge in [-0.1, -0.05) is 0 Å². The van der Waals surface area contributed by atoms with E-state index in [2.05, 4.69) is 42.4 Å². The number of thiazole rings is 1. The number of hydrogen-bond donors (Lipinski definition) is 0. The number of nitrogens with zero attached hydrogens (tertiary/aromatic N) is 3. The lowest BCUT2D eigenvalue weighted by molar-refractivity contribution is 0.414. The molecule has 2 aromatic heterocycles. The Bertz CT molecular complexity index is 848. The van der Waals surface area contributed by atoms with E-state index in [0.29, 0.717) is 0 Å². The van der Waals surface area contributed by atoms with Crippen molar-refractivity contribution in [3.8, 4) is 27.6 Å². The lowest BCUT2D eigenvalue weighted by atomic mass is 10.0. The molecule has 4 nitrogen and oxygen atoms in total. The van der Waals surface area contributed by atoms with Crippen molar-refractivity contribution >= 4 is 17.2 Å². The van der Waals surface area contributed by atoms with E-state index in [1.54, 1.807) is 18.4 Å². The molecule has 0 amide bonds. The van der Waals surface area contributed by atoms with E-state index in [4.69, 9.17) is 9.72 Å². The van der Waals surface area contributed by atoms with Crippen LogP contribution < -0.4 is 9.64 Å². The Balaban J connectivity index is 2.01. The quantitative estimate of drug-likeness (QED) is 0.698. The number of methoxy groups -OCH3 is 1. The Morgan fingerprint density at radius 1 is 1.08 bits per heavy atom. The van der Waals surface area contributed by atoms with Crippen LogP contribution in [0.1, 0.15) is 11.1 Å². The highest BCUT2D eigenvalue weighted by Gasteiger charge is 2.13. The molecule has 0 fully saturated rings. The molecule has 0 radical (unpaired) electrons. The average molecular weight is 339 g/mol. The molecule has 124 valence electrons. The summed E-state index contributed by atoms with van der Waals surface area (Å²) in [4.78, 5) is 11.2. The van der Waals surface area contributed by atoms with Crippen LogP contribution in [0.15, 0.2) is 35.8 Å². The van der Waals surface area contributed by atoms with Crippen LogP contribution >= 0.6 is 11.3 Å². The van der Waals surface area contributed by atoms with E-state index >= 15 is 0 Å². The fourth-order valence-corrected chi connectivity index (χ4v) is 3.57. The molecular formula is C19H21N3OS. The monoisotopic (exact) mass is 339 g/mol. The van der Waals surface area contributed by atoms with Crippen LogP contribution in [-0.2, 0) is 0 Å². The molecule has 3 aromatic rings. The summed E-state index contributed by atoms with van der Waals surface area (Å²) in [5, 5.41) is 3.12. The Kier molecular flexibility index (Phi) is 4.53. The van der Waals surface area contributed by atoms with E-state index in [1.165, 1.54) is 16.7 Å². The molecule has 5 heteroatoms. The molecular weight excluding hydrogens is 318 g/mol. The first-order valence-electron chi connectivity index (χ1n) is 7.74. The second-order valence-corrected chi connectivity index (χ2v) is 6.83. The zero-order valence-electron chi connectivity index (χ0n) is 14.6. The smallest absolute Gasteiger partial charge is 0.128 e. The fraction of sp³-hybridized carbons (Fsp3) is 0.263. The molecule has 1 aromatic carbocycles. The molecule has 0 aliphatic rings. The van der Waals surface area contributed by atoms with Gasteiger partial charge in [-0.3, -0.25) is 0 Å². The van der Waals surface area contributed by atoms with Crippen LogP contribution in [0.2, 0.25) is 0 Å². The minimum Gasteiger partial charge on any atom is -0.497 e. The van der Waals surface area contributed by atoms with E-state index in [0.717, 1.165) is 27.8 Å². The number of anilines is 1. The van der Waals surface area contributed by atoms with Crippen molar-refractivity contribution in [1.29, 1.82) is 0 Å². The largest absolute Gasteiger partial charge is 0.497 e. The standard InChI is InChI=1S/C19H21N3OS/c1-12-8-15(23-5)9-13(2)18(12)16-11-24-19(21-16)14-6-7-20-17(10-14)22(3)4/h6-11H,1-5H3. The fourth-order valence-electron chi connectivity index (χ4n) is 2.76. The Labute approximate surface area is 146 Å². The van der Waals surface area contributed by atoms with Gasteiger partial charge in [0, 0.05) is 36.8 Å². The maximum atomic E-state index is 5.35. The molecule has 0 atom stereocenters. The van der Waals surface area contributed by atoms with Gasteiger partial charge in [0.15, 0.2) is 0 Å². The summed E-state index contributed by atoms with van der Waals surface area (Å²) in [5.41, 5.74) is 5.63. The van der Waals surface area contributed by atoms with Crippen LogP contribution in [0.25, 0.3) is 21.8 Å². The van der Waals surface area contributed by atoms with Crippen molar-refractivity contribution in [2.75, 3.05) is 26.1 Å². The van der Waals surface area contributed by atoms with Gasteiger partial charge < -0.3 is 9.64 Å². The van der Waals surface area contributed by atoms with Gasteiger partial charge in [0.1, 0.15) is 16.6 Å². The third-order valence-electron chi connectivity index (χ3n) is 3.95. The lowest BCUT2D eigenvalue weighted by Gasteiger charge is -2.11. The SMILES string of the molecule is COc1cc(C)c(-c2csc(-c3ccnc(N(C)C)c3)n2)c(C)c1. The maximum Gasteiger partial charge on any atom is 0.128 e. The van der Waals surface area contributed by atoms with Crippen LogP contribution in [0, 0.1) is 13.8 Å². The van der Waals surface area contributed by atoms with Gasteiger partial charge in [-0.2, -0.15) is 0 Å². The molecule has 0 unspecified atom stereocenters. The summed E-state index contributed by atoms with van der Waals surface area (Å²) in [6.45, 7) is 4.20. The highest BCUT2D eigenvalue weighted by atomic mass is 32.1. The maximum absolute atomic E-state index is 5.35. The summed E-state index contributed by atoms with van der Waals surface area (Å²) in [6, 6.07) is 8.18. The normalized spacial score (nSPS) is 10.7.